The second-order valence-corrected chi connectivity index (χ2v) is 5.03. The Balaban J connectivity index is 2.72. The SMILES string of the molecule is CC1(C)C(C#N)=C(c2nn[nH]n2)C(C)(C)N1O. The Bertz CT molecular complexity index is 507. The molecule has 7 heteroatoms. The van der Waals surface area contributed by atoms with E-state index >= 15 is 0 Å². The molecule has 1 aromatic heterocycles. The zero-order valence-corrected chi connectivity index (χ0v) is 10.2. The van der Waals surface area contributed by atoms with E-state index in [0.717, 1.165) is 5.06 Å². The number of rotatable bonds is 1. The monoisotopic (exact) mass is 234 g/mol. The van der Waals surface area contributed by atoms with Gasteiger partial charge < -0.3 is 5.21 Å². The molecular weight excluding hydrogens is 220 g/mol. The van der Waals surface area contributed by atoms with E-state index in [1.54, 1.807) is 13.8 Å². The lowest BCUT2D eigenvalue weighted by atomic mass is 9.91. The molecule has 17 heavy (non-hydrogen) atoms. The normalized spacial score (nSPS) is 22.8. The van der Waals surface area contributed by atoms with E-state index < -0.39 is 11.1 Å². The first-order chi connectivity index (χ1) is 7.83. The van der Waals surface area contributed by atoms with Crippen molar-refractivity contribution in [1.82, 2.24) is 25.7 Å². The number of aromatic nitrogens is 4. The zero-order valence-electron chi connectivity index (χ0n) is 10.2. The Morgan fingerprint density at radius 1 is 1.29 bits per heavy atom. The molecule has 0 aliphatic carbocycles. The summed E-state index contributed by atoms with van der Waals surface area (Å²) in [6, 6.07) is 2.13. The summed E-state index contributed by atoms with van der Waals surface area (Å²) in [5.41, 5.74) is -0.459. The molecule has 1 aromatic rings. The van der Waals surface area contributed by atoms with E-state index in [2.05, 4.69) is 26.7 Å². The zero-order chi connectivity index (χ0) is 12.8. The van der Waals surface area contributed by atoms with E-state index in [4.69, 9.17) is 0 Å². The summed E-state index contributed by atoms with van der Waals surface area (Å²) in [6.07, 6.45) is 0. The fourth-order valence-electron chi connectivity index (χ4n) is 2.37. The number of nitriles is 1. The summed E-state index contributed by atoms with van der Waals surface area (Å²) < 4.78 is 0. The highest BCUT2D eigenvalue weighted by atomic mass is 16.5. The Morgan fingerprint density at radius 3 is 2.41 bits per heavy atom. The fourth-order valence-corrected chi connectivity index (χ4v) is 2.37. The molecular formula is C10H14N6O. The molecule has 0 spiro atoms. The third kappa shape index (κ3) is 1.38. The number of nitrogens with zero attached hydrogens (tertiary/aromatic N) is 5. The van der Waals surface area contributed by atoms with Crippen molar-refractivity contribution in [2.45, 2.75) is 38.8 Å². The van der Waals surface area contributed by atoms with Crippen molar-refractivity contribution in [3.05, 3.63) is 11.4 Å². The topological polar surface area (TPSA) is 102 Å². The first-order valence-corrected chi connectivity index (χ1v) is 5.22. The van der Waals surface area contributed by atoms with Crippen LogP contribution >= 0.6 is 0 Å². The predicted octanol–water partition coefficient (Wildman–Crippen LogP) is 0.739. The molecule has 0 atom stereocenters. The third-order valence-electron chi connectivity index (χ3n) is 3.21. The van der Waals surface area contributed by atoms with E-state index in [1.165, 1.54) is 0 Å². The first kappa shape index (κ1) is 11.7. The van der Waals surface area contributed by atoms with E-state index in [0.29, 0.717) is 17.0 Å². The van der Waals surface area contributed by atoms with Crippen LogP contribution in [0.4, 0.5) is 0 Å². The fraction of sp³-hybridized carbons (Fsp3) is 0.600. The lowest BCUT2D eigenvalue weighted by molar-refractivity contribution is -0.182. The van der Waals surface area contributed by atoms with Gasteiger partial charge in [-0.2, -0.15) is 15.5 Å². The Labute approximate surface area is 98.7 Å². The molecule has 1 aliphatic heterocycles. The number of aromatic amines is 1. The lowest BCUT2D eigenvalue weighted by Gasteiger charge is -2.35. The van der Waals surface area contributed by atoms with E-state index in [-0.39, 0.29) is 0 Å². The van der Waals surface area contributed by atoms with Gasteiger partial charge in [-0.1, -0.05) is 0 Å². The predicted molar refractivity (Wildman–Crippen MR) is 58.5 cm³/mol. The third-order valence-corrected chi connectivity index (χ3v) is 3.21. The highest BCUT2D eigenvalue weighted by molar-refractivity contribution is 5.78. The van der Waals surface area contributed by atoms with Gasteiger partial charge >= 0.3 is 0 Å². The molecule has 0 fully saturated rings. The molecule has 1 aliphatic rings. The van der Waals surface area contributed by atoms with Crippen LogP contribution in [0.25, 0.3) is 5.57 Å². The minimum Gasteiger partial charge on any atom is -0.312 e. The molecule has 2 rings (SSSR count). The number of hydrogen-bond acceptors (Lipinski definition) is 6. The molecule has 0 radical (unpaired) electrons. The second kappa shape index (κ2) is 3.35. The van der Waals surface area contributed by atoms with Gasteiger partial charge in [0, 0.05) is 5.57 Å². The minimum atomic E-state index is -0.770. The van der Waals surface area contributed by atoms with E-state index in [9.17, 15) is 10.5 Å². The highest BCUT2D eigenvalue weighted by Crippen LogP contribution is 2.46. The standard InChI is InChI=1S/C10H14N6O/c1-9(2)6(5-11)7(8-12-14-15-13-8)10(3,4)16(9)17/h17H,1-4H3,(H,12,13,14,15). The van der Waals surface area contributed by atoms with Gasteiger partial charge in [-0.05, 0) is 32.9 Å². The highest BCUT2D eigenvalue weighted by Gasteiger charge is 2.52. The maximum absolute atomic E-state index is 10.2. The average Bonchev–Trinajstić information content (AvgIpc) is 2.79. The summed E-state index contributed by atoms with van der Waals surface area (Å²) in [5.74, 6) is 0.344. The summed E-state index contributed by atoms with van der Waals surface area (Å²) in [5, 5.41) is 34.3. The molecule has 0 amide bonds. The van der Waals surface area contributed by atoms with Crippen molar-refractivity contribution in [1.29, 1.82) is 5.26 Å². The quantitative estimate of drug-likeness (QED) is 0.743. The number of hydrogen-bond donors (Lipinski definition) is 2. The minimum absolute atomic E-state index is 0.344. The van der Waals surface area contributed by atoms with Crippen LogP contribution in [-0.4, -0.2) is 42.0 Å². The van der Waals surface area contributed by atoms with Crippen LogP contribution in [-0.2, 0) is 0 Å². The molecule has 0 saturated carbocycles. The molecule has 2 heterocycles. The second-order valence-electron chi connectivity index (χ2n) is 5.03. The number of H-pyrrole nitrogens is 1. The van der Waals surface area contributed by atoms with Crippen molar-refractivity contribution < 1.29 is 5.21 Å². The molecule has 0 bridgehead atoms. The average molecular weight is 234 g/mol. The van der Waals surface area contributed by atoms with Crippen molar-refractivity contribution in [3.8, 4) is 6.07 Å². The maximum Gasteiger partial charge on any atom is 0.203 e. The van der Waals surface area contributed by atoms with Crippen molar-refractivity contribution in [3.63, 3.8) is 0 Å². The van der Waals surface area contributed by atoms with Crippen LogP contribution in [0.1, 0.15) is 33.5 Å². The largest absolute Gasteiger partial charge is 0.312 e. The van der Waals surface area contributed by atoms with Gasteiger partial charge in [0.15, 0.2) is 0 Å². The smallest absolute Gasteiger partial charge is 0.203 e. The Hall–Kier alpha value is -1.78. The summed E-state index contributed by atoms with van der Waals surface area (Å²) in [7, 11) is 0. The van der Waals surface area contributed by atoms with Crippen molar-refractivity contribution >= 4 is 5.57 Å². The molecule has 2 N–H and O–H groups in total. The van der Waals surface area contributed by atoms with Gasteiger partial charge in [0.1, 0.15) is 0 Å². The Kier molecular flexibility index (Phi) is 2.31. The maximum atomic E-state index is 10.2. The first-order valence-electron chi connectivity index (χ1n) is 5.22. The van der Waals surface area contributed by atoms with Crippen molar-refractivity contribution in [2.75, 3.05) is 0 Å². The molecule has 0 saturated heterocycles. The molecule has 0 unspecified atom stereocenters. The van der Waals surface area contributed by atoms with Crippen LogP contribution in [0, 0.1) is 11.3 Å². The summed E-state index contributed by atoms with van der Waals surface area (Å²) >= 11 is 0. The van der Waals surface area contributed by atoms with Crippen LogP contribution in [0.15, 0.2) is 5.57 Å². The molecule has 0 aromatic carbocycles. The number of tetrazole rings is 1. The van der Waals surface area contributed by atoms with Gasteiger partial charge in [0.25, 0.3) is 0 Å². The number of hydroxylamine groups is 2. The van der Waals surface area contributed by atoms with Crippen LogP contribution in [0.5, 0.6) is 0 Å². The summed E-state index contributed by atoms with van der Waals surface area (Å²) in [4.78, 5) is 0. The lowest BCUT2D eigenvalue weighted by Crippen LogP contribution is -2.48. The van der Waals surface area contributed by atoms with E-state index in [1.807, 2.05) is 13.8 Å². The number of nitrogens with one attached hydrogen (secondary N) is 1. The van der Waals surface area contributed by atoms with Gasteiger partial charge in [0.05, 0.1) is 22.7 Å². The van der Waals surface area contributed by atoms with Gasteiger partial charge in [-0.15, -0.1) is 10.2 Å². The molecule has 90 valence electrons. The van der Waals surface area contributed by atoms with Crippen LogP contribution < -0.4 is 0 Å². The van der Waals surface area contributed by atoms with Gasteiger partial charge in [-0.25, -0.2) is 0 Å². The van der Waals surface area contributed by atoms with Crippen LogP contribution in [0.3, 0.4) is 0 Å². The van der Waals surface area contributed by atoms with Gasteiger partial charge in [-0.3, -0.25) is 0 Å². The summed E-state index contributed by atoms with van der Waals surface area (Å²) in [6.45, 7) is 7.18. The Morgan fingerprint density at radius 2 is 1.94 bits per heavy atom. The molecule has 7 nitrogen and oxygen atoms in total. The van der Waals surface area contributed by atoms with Crippen LogP contribution in [0.2, 0.25) is 0 Å². The van der Waals surface area contributed by atoms with Gasteiger partial charge in [0.2, 0.25) is 5.82 Å². The van der Waals surface area contributed by atoms with Crippen molar-refractivity contribution in [2.24, 2.45) is 0 Å².